The summed E-state index contributed by atoms with van der Waals surface area (Å²) in [5.74, 6) is 0. The highest BCUT2D eigenvalue weighted by Gasteiger charge is 2.13. The Kier molecular flexibility index (Phi) is 3.13. The standard InChI is InChI=1S/C16H11N3O2/c17-9-13-11-18(10-12-4-2-1-3-5-12)16-7-6-14(19(20)21)8-15(13)16/h1-8,11H,10H2. The molecule has 21 heavy (non-hydrogen) atoms. The molecule has 102 valence electrons. The van der Waals surface area contributed by atoms with Crippen molar-refractivity contribution < 1.29 is 4.92 Å². The number of nitrogens with zero attached hydrogens (tertiary/aromatic N) is 3. The van der Waals surface area contributed by atoms with Crippen molar-refractivity contribution in [2.24, 2.45) is 0 Å². The van der Waals surface area contributed by atoms with E-state index in [1.807, 2.05) is 34.9 Å². The van der Waals surface area contributed by atoms with Crippen molar-refractivity contribution in [2.75, 3.05) is 0 Å². The number of non-ortho nitro benzene ring substituents is 1. The number of hydrogen-bond acceptors (Lipinski definition) is 3. The van der Waals surface area contributed by atoms with Crippen molar-refractivity contribution in [3.05, 3.63) is 76.0 Å². The molecule has 1 heterocycles. The van der Waals surface area contributed by atoms with Crippen LogP contribution < -0.4 is 0 Å². The van der Waals surface area contributed by atoms with Crippen molar-refractivity contribution in [2.45, 2.75) is 6.54 Å². The molecule has 3 rings (SSSR count). The number of benzene rings is 2. The SMILES string of the molecule is N#Cc1cn(Cc2ccccc2)c2ccc([N+](=O)[O-])cc12. The van der Waals surface area contributed by atoms with Gasteiger partial charge in [-0.2, -0.15) is 5.26 Å². The van der Waals surface area contributed by atoms with E-state index < -0.39 is 4.92 Å². The van der Waals surface area contributed by atoms with E-state index in [4.69, 9.17) is 0 Å². The van der Waals surface area contributed by atoms with E-state index in [0.717, 1.165) is 11.1 Å². The third-order valence-electron chi connectivity index (χ3n) is 3.39. The average molecular weight is 277 g/mol. The molecular formula is C16H11N3O2. The van der Waals surface area contributed by atoms with E-state index in [0.29, 0.717) is 17.5 Å². The van der Waals surface area contributed by atoms with Crippen LogP contribution in [0.15, 0.2) is 54.7 Å². The molecule has 3 aromatic rings. The lowest BCUT2D eigenvalue weighted by Crippen LogP contribution is -1.97. The molecule has 0 saturated carbocycles. The molecule has 0 saturated heterocycles. The van der Waals surface area contributed by atoms with Gasteiger partial charge >= 0.3 is 0 Å². The molecular weight excluding hydrogens is 266 g/mol. The first-order chi connectivity index (χ1) is 10.2. The summed E-state index contributed by atoms with van der Waals surface area (Å²) in [7, 11) is 0. The van der Waals surface area contributed by atoms with Crippen LogP contribution >= 0.6 is 0 Å². The zero-order valence-corrected chi connectivity index (χ0v) is 11.1. The Bertz CT molecular complexity index is 860. The second-order valence-electron chi connectivity index (χ2n) is 4.73. The number of nitro benzene ring substituents is 1. The van der Waals surface area contributed by atoms with Gasteiger partial charge in [-0.25, -0.2) is 0 Å². The van der Waals surface area contributed by atoms with Gasteiger partial charge in [0.1, 0.15) is 6.07 Å². The van der Waals surface area contributed by atoms with Gasteiger partial charge in [0, 0.05) is 30.3 Å². The lowest BCUT2D eigenvalue weighted by atomic mass is 10.1. The molecule has 0 aliphatic carbocycles. The van der Waals surface area contributed by atoms with Gasteiger partial charge in [-0.15, -0.1) is 0 Å². The molecule has 0 aliphatic heterocycles. The summed E-state index contributed by atoms with van der Waals surface area (Å²) in [6, 6.07) is 16.6. The maximum Gasteiger partial charge on any atom is 0.270 e. The predicted octanol–water partition coefficient (Wildman–Crippen LogP) is 3.47. The Morgan fingerprint density at radius 2 is 1.95 bits per heavy atom. The molecule has 0 fully saturated rings. The lowest BCUT2D eigenvalue weighted by Gasteiger charge is -2.05. The second-order valence-corrected chi connectivity index (χ2v) is 4.73. The predicted molar refractivity (Wildman–Crippen MR) is 78.9 cm³/mol. The third kappa shape index (κ3) is 2.35. The fraction of sp³-hybridized carbons (Fsp3) is 0.0625. The Morgan fingerprint density at radius 1 is 1.19 bits per heavy atom. The molecule has 0 aliphatic rings. The molecule has 0 N–H and O–H groups in total. The fourth-order valence-electron chi connectivity index (χ4n) is 2.40. The number of rotatable bonds is 3. The minimum Gasteiger partial charge on any atom is -0.342 e. The summed E-state index contributed by atoms with van der Waals surface area (Å²) >= 11 is 0. The first-order valence-corrected chi connectivity index (χ1v) is 6.40. The molecule has 0 atom stereocenters. The smallest absolute Gasteiger partial charge is 0.270 e. The molecule has 2 aromatic carbocycles. The van der Waals surface area contributed by atoms with Crippen LogP contribution in [0.25, 0.3) is 10.9 Å². The van der Waals surface area contributed by atoms with Crippen LogP contribution in [0.3, 0.4) is 0 Å². The monoisotopic (exact) mass is 277 g/mol. The van der Waals surface area contributed by atoms with E-state index in [2.05, 4.69) is 6.07 Å². The zero-order valence-electron chi connectivity index (χ0n) is 11.1. The topological polar surface area (TPSA) is 71.9 Å². The number of fused-ring (bicyclic) bond motifs is 1. The minimum atomic E-state index is -0.449. The van der Waals surface area contributed by atoms with Crippen LogP contribution in [0.1, 0.15) is 11.1 Å². The number of hydrogen-bond donors (Lipinski definition) is 0. The Balaban J connectivity index is 2.12. The molecule has 5 heteroatoms. The molecule has 0 radical (unpaired) electrons. The number of aromatic nitrogens is 1. The Hall–Kier alpha value is -3.13. The van der Waals surface area contributed by atoms with Crippen LogP contribution in [-0.4, -0.2) is 9.49 Å². The van der Waals surface area contributed by atoms with Crippen LogP contribution in [0, 0.1) is 21.4 Å². The van der Waals surface area contributed by atoms with Crippen LogP contribution in [0.5, 0.6) is 0 Å². The second kappa shape index (κ2) is 5.10. The first kappa shape index (κ1) is 12.9. The summed E-state index contributed by atoms with van der Waals surface area (Å²) in [6.45, 7) is 0.622. The summed E-state index contributed by atoms with van der Waals surface area (Å²) in [5.41, 5.74) is 2.37. The van der Waals surface area contributed by atoms with Gasteiger partial charge < -0.3 is 4.57 Å². The highest BCUT2D eigenvalue weighted by atomic mass is 16.6. The molecule has 1 aromatic heterocycles. The maximum absolute atomic E-state index is 10.9. The molecule has 0 bridgehead atoms. The third-order valence-corrected chi connectivity index (χ3v) is 3.39. The normalized spacial score (nSPS) is 10.4. The van der Waals surface area contributed by atoms with Crippen LogP contribution in [0.4, 0.5) is 5.69 Å². The summed E-state index contributed by atoms with van der Waals surface area (Å²) < 4.78 is 1.94. The first-order valence-electron chi connectivity index (χ1n) is 6.40. The van der Waals surface area contributed by atoms with Crippen molar-refractivity contribution in [3.8, 4) is 6.07 Å². The highest BCUT2D eigenvalue weighted by Crippen LogP contribution is 2.26. The van der Waals surface area contributed by atoms with Crippen molar-refractivity contribution in [1.29, 1.82) is 5.26 Å². The van der Waals surface area contributed by atoms with Crippen LogP contribution in [-0.2, 0) is 6.54 Å². The van der Waals surface area contributed by atoms with Gasteiger partial charge in [0.25, 0.3) is 5.69 Å². The zero-order chi connectivity index (χ0) is 14.8. The van der Waals surface area contributed by atoms with E-state index in [1.165, 1.54) is 12.1 Å². The summed E-state index contributed by atoms with van der Waals surface area (Å²) in [5, 5.41) is 20.7. The quantitative estimate of drug-likeness (QED) is 0.543. The van der Waals surface area contributed by atoms with Gasteiger partial charge in [0.2, 0.25) is 0 Å². The van der Waals surface area contributed by atoms with Crippen LogP contribution in [0.2, 0.25) is 0 Å². The molecule has 0 amide bonds. The van der Waals surface area contributed by atoms with Gasteiger partial charge in [-0.05, 0) is 11.6 Å². The van der Waals surface area contributed by atoms with Gasteiger partial charge in [0.15, 0.2) is 0 Å². The number of nitro groups is 1. The van der Waals surface area contributed by atoms with E-state index in [-0.39, 0.29) is 5.69 Å². The average Bonchev–Trinajstić information content (AvgIpc) is 2.85. The molecule has 0 spiro atoms. The minimum absolute atomic E-state index is 0.00328. The van der Waals surface area contributed by atoms with Gasteiger partial charge in [-0.3, -0.25) is 10.1 Å². The van der Waals surface area contributed by atoms with E-state index in [1.54, 1.807) is 12.3 Å². The van der Waals surface area contributed by atoms with E-state index >= 15 is 0 Å². The van der Waals surface area contributed by atoms with Crippen molar-refractivity contribution in [3.63, 3.8) is 0 Å². The highest BCUT2D eigenvalue weighted by molar-refractivity contribution is 5.88. The van der Waals surface area contributed by atoms with Gasteiger partial charge in [0.05, 0.1) is 16.0 Å². The lowest BCUT2D eigenvalue weighted by molar-refractivity contribution is -0.384. The summed E-state index contributed by atoms with van der Waals surface area (Å²) in [4.78, 5) is 10.4. The van der Waals surface area contributed by atoms with Crippen molar-refractivity contribution in [1.82, 2.24) is 4.57 Å². The van der Waals surface area contributed by atoms with E-state index in [9.17, 15) is 15.4 Å². The Morgan fingerprint density at radius 3 is 2.62 bits per heavy atom. The number of nitriles is 1. The van der Waals surface area contributed by atoms with Gasteiger partial charge in [-0.1, -0.05) is 30.3 Å². The molecule has 5 nitrogen and oxygen atoms in total. The Labute approximate surface area is 120 Å². The largest absolute Gasteiger partial charge is 0.342 e. The summed E-state index contributed by atoms with van der Waals surface area (Å²) in [6.07, 6.45) is 1.74. The maximum atomic E-state index is 10.9. The fourth-order valence-corrected chi connectivity index (χ4v) is 2.40. The van der Waals surface area contributed by atoms with Crippen molar-refractivity contribution >= 4 is 16.6 Å². The molecule has 0 unspecified atom stereocenters.